The molecule has 18 heavy (non-hydrogen) atoms. The Hall–Kier alpha value is -1.50. The highest BCUT2D eigenvalue weighted by Crippen LogP contribution is 2.29. The molecule has 0 unspecified atom stereocenters. The van der Waals surface area contributed by atoms with Crippen molar-refractivity contribution in [3.05, 3.63) is 57.0 Å². The number of hydrogen-bond acceptors (Lipinski definition) is 2. The highest BCUT2D eigenvalue weighted by molar-refractivity contribution is 9.10. The van der Waals surface area contributed by atoms with Crippen LogP contribution in [0.2, 0.25) is 5.02 Å². The predicted octanol–water partition coefficient (Wildman–Crippen LogP) is 5.07. The number of rotatable bonds is 2. The normalized spacial score (nSPS) is 9.89. The highest BCUT2D eigenvalue weighted by atomic mass is 79.9. The SMILES string of the molecule is Cc1cc(Cl)ccc1Oc1cc(Br)cc(C#N)c1. The summed E-state index contributed by atoms with van der Waals surface area (Å²) >= 11 is 9.23. The van der Waals surface area contributed by atoms with Gasteiger partial charge in [0.25, 0.3) is 0 Å². The molecule has 0 amide bonds. The van der Waals surface area contributed by atoms with Crippen LogP contribution in [-0.2, 0) is 0 Å². The maximum atomic E-state index is 8.90. The van der Waals surface area contributed by atoms with Gasteiger partial charge in [0.05, 0.1) is 11.6 Å². The van der Waals surface area contributed by atoms with Crippen molar-refractivity contribution in [2.45, 2.75) is 6.92 Å². The summed E-state index contributed by atoms with van der Waals surface area (Å²) < 4.78 is 6.56. The lowest BCUT2D eigenvalue weighted by atomic mass is 10.2. The van der Waals surface area contributed by atoms with Crippen LogP contribution >= 0.6 is 27.5 Å². The van der Waals surface area contributed by atoms with E-state index in [1.165, 1.54) is 0 Å². The second-order valence-corrected chi connectivity index (χ2v) is 5.15. The Labute approximate surface area is 119 Å². The monoisotopic (exact) mass is 321 g/mol. The van der Waals surface area contributed by atoms with E-state index in [4.69, 9.17) is 21.6 Å². The summed E-state index contributed by atoms with van der Waals surface area (Å²) in [4.78, 5) is 0. The molecule has 0 heterocycles. The summed E-state index contributed by atoms with van der Waals surface area (Å²) in [6.07, 6.45) is 0. The van der Waals surface area contributed by atoms with Crippen LogP contribution in [0.3, 0.4) is 0 Å². The molecule has 2 aromatic rings. The minimum absolute atomic E-state index is 0.547. The summed E-state index contributed by atoms with van der Waals surface area (Å²) in [5.74, 6) is 1.34. The first-order chi connectivity index (χ1) is 8.58. The topological polar surface area (TPSA) is 33.0 Å². The third-order valence-electron chi connectivity index (χ3n) is 2.37. The Bertz CT molecular complexity index is 634. The van der Waals surface area contributed by atoms with Crippen LogP contribution in [0.5, 0.6) is 11.5 Å². The Morgan fingerprint density at radius 2 is 2.00 bits per heavy atom. The van der Waals surface area contributed by atoms with Gasteiger partial charge >= 0.3 is 0 Å². The van der Waals surface area contributed by atoms with Gasteiger partial charge in [0.2, 0.25) is 0 Å². The quantitative estimate of drug-likeness (QED) is 0.773. The lowest BCUT2D eigenvalue weighted by molar-refractivity contribution is 0.478. The fourth-order valence-electron chi connectivity index (χ4n) is 1.54. The van der Waals surface area contributed by atoms with E-state index in [0.717, 1.165) is 15.8 Å². The average Bonchev–Trinajstić information content (AvgIpc) is 2.32. The smallest absolute Gasteiger partial charge is 0.130 e. The number of hydrogen-bond donors (Lipinski definition) is 0. The van der Waals surface area contributed by atoms with Crippen molar-refractivity contribution in [3.8, 4) is 17.6 Å². The maximum Gasteiger partial charge on any atom is 0.130 e. The molecule has 0 spiro atoms. The van der Waals surface area contributed by atoms with E-state index in [9.17, 15) is 0 Å². The van der Waals surface area contributed by atoms with Crippen LogP contribution in [0.15, 0.2) is 40.9 Å². The second kappa shape index (κ2) is 5.43. The van der Waals surface area contributed by atoms with Crippen molar-refractivity contribution < 1.29 is 4.74 Å². The van der Waals surface area contributed by atoms with E-state index in [2.05, 4.69) is 22.0 Å². The van der Waals surface area contributed by atoms with Gasteiger partial charge in [-0.05, 0) is 48.9 Å². The van der Waals surface area contributed by atoms with Gasteiger partial charge in [0.15, 0.2) is 0 Å². The van der Waals surface area contributed by atoms with Gasteiger partial charge in [-0.25, -0.2) is 0 Å². The van der Waals surface area contributed by atoms with Gasteiger partial charge in [0.1, 0.15) is 11.5 Å². The standard InChI is InChI=1S/C14H9BrClNO/c1-9-4-12(16)2-3-14(9)18-13-6-10(8-17)5-11(15)7-13/h2-7H,1H3. The third-order valence-corrected chi connectivity index (χ3v) is 3.06. The van der Waals surface area contributed by atoms with Crippen LogP contribution in [0.25, 0.3) is 0 Å². The van der Waals surface area contributed by atoms with Crippen LogP contribution in [-0.4, -0.2) is 0 Å². The molecule has 0 fully saturated rings. The molecule has 2 rings (SSSR count). The van der Waals surface area contributed by atoms with Gasteiger partial charge in [0, 0.05) is 9.50 Å². The highest BCUT2D eigenvalue weighted by Gasteiger charge is 2.04. The Kier molecular flexibility index (Phi) is 3.90. The van der Waals surface area contributed by atoms with E-state index in [1.54, 1.807) is 18.2 Å². The lowest BCUT2D eigenvalue weighted by Gasteiger charge is -2.09. The molecule has 90 valence electrons. The number of nitrogens with zero attached hydrogens (tertiary/aromatic N) is 1. The number of aryl methyl sites for hydroxylation is 1. The van der Waals surface area contributed by atoms with Crippen molar-refractivity contribution in [2.75, 3.05) is 0 Å². The fourth-order valence-corrected chi connectivity index (χ4v) is 2.24. The molecule has 0 N–H and O–H groups in total. The summed E-state index contributed by atoms with van der Waals surface area (Å²) in [6, 6.07) is 12.7. The zero-order valence-electron chi connectivity index (χ0n) is 9.58. The molecule has 0 aliphatic heterocycles. The van der Waals surface area contributed by atoms with Gasteiger partial charge in [-0.2, -0.15) is 5.26 Å². The first-order valence-electron chi connectivity index (χ1n) is 5.23. The van der Waals surface area contributed by atoms with E-state index >= 15 is 0 Å². The predicted molar refractivity (Wildman–Crippen MR) is 75.1 cm³/mol. The van der Waals surface area contributed by atoms with Crippen molar-refractivity contribution >= 4 is 27.5 Å². The van der Waals surface area contributed by atoms with E-state index in [0.29, 0.717) is 16.3 Å². The molecule has 0 bridgehead atoms. The molecule has 0 saturated heterocycles. The molecule has 0 aliphatic carbocycles. The molecule has 0 atom stereocenters. The zero-order chi connectivity index (χ0) is 13.1. The number of nitriles is 1. The zero-order valence-corrected chi connectivity index (χ0v) is 11.9. The van der Waals surface area contributed by atoms with Crippen LogP contribution in [0, 0.1) is 18.3 Å². The average molecular weight is 323 g/mol. The van der Waals surface area contributed by atoms with Crippen molar-refractivity contribution in [1.29, 1.82) is 5.26 Å². The summed E-state index contributed by atoms with van der Waals surface area (Å²) in [5.41, 5.74) is 1.49. The Balaban J connectivity index is 2.34. The largest absolute Gasteiger partial charge is 0.457 e. The second-order valence-electron chi connectivity index (χ2n) is 3.80. The molecular formula is C14H9BrClNO. The van der Waals surface area contributed by atoms with E-state index in [-0.39, 0.29) is 0 Å². The van der Waals surface area contributed by atoms with Crippen molar-refractivity contribution in [2.24, 2.45) is 0 Å². The minimum Gasteiger partial charge on any atom is -0.457 e. The number of halogens is 2. The number of benzene rings is 2. The molecule has 0 radical (unpaired) electrons. The van der Waals surface area contributed by atoms with E-state index in [1.807, 2.05) is 25.1 Å². The molecule has 0 saturated carbocycles. The number of ether oxygens (including phenoxy) is 1. The molecule has 0 aliphatic rings. The third kappa shape index (κ3) is 3.04. The first-order valence-corrected chi connectivity index (χ1v) is 6.40. The van der Waals surface area contributed by atoms with Crippen LogP contribution < -0.4 is 4.74 Å². The Morgan fingerprint density at radius 1 is 1.22 bits per heavy atom. The van der Waals surface area contributed by atoms with Gasteiger partial charge in [-0.1, -0.05) is 27.5 Å². The van der Waals surface area contributed by atoms with Crippen molar-refractivity contribution in [1.82, 2.24) is 0 Å². The summed E-state index contributed by atoms with van der Waals surface area (Å²) in [5, 5.41) is 9.57. The van der Waals surface area contributed by atoms with Gasteiger partial charge < -0.3 is 4.74 Å². The maximum absolute atomic E-state index is 8.90. The summed E-state index contributed by atoms with van der Waals surface area (Å²) in [6.45, 7) is 1.92. The Morgan fingerprint density at radius 3 is 2.67 bits per heavy atom. The van der Waals surface area contributed by atoms with Crippen LogP contribution in [0.4, 0.5) is 0 Å². The first kappa shape index (κ1) is 12.9. The van der Waals surface area contributed by atoms with Gasteiger partial charge in [-0.3, -0.25) is 0 Å². The molecule has 2 aromatic carbocycles. The van der Waals surface area contributed by atoms with Gasteiger partial charge in [-0.15, -0.1) is 0 Å². The lowest BCUT2D eigenvalue weighted by Crippen LogP contribution is -1.88. The van der Waals surface area contributed by atoms with Crippen molar-refractivity contribution in [3.63, 3.8) is 0 Å². The molecular weight excluding hydrogens is 314 g/mol. The fraction of sp³-hybridized carbons (Fsp3) is 0.0714. The molecule has 2 nitrogen and oxygen atoms in total. The van der Waals surface area contributed by atoms with Crippen LogP contribution in [0.1, 0.15) is 11.1 Å². The molecule has 4 heteroatoms. The summed E-state index contributed by atoms with van der Waals surface area (Å²) in [7, 11) is 0. The minimum atomic E-state index is 0.547. The molecule has 0 aromatic heterocycles. The van der Waals surface area contributed by atoms with E-state index < -0.39 is 0 Å².